The Morgan fingerprint density at radius 2 is 2.04 bits per heavy atom. The number of halogens is 2. The summed E-state index contributed by atoms with van der Waals surface area (Å²) in [5.74, 6) is 0.660. The maximum atomic E-state index is 12.0. The Kier molecular flexibility index (Phi) is 8.26. The van der Waals surface area contributed by atoms with E-state index in [4.69, 9.17) is 9.47 Å². The lowest BCUT2D eigenvalue weighted by Crippen LogP contribution is -2.42. The number of hydrogen-bond acceptors (Lipinski definition) is 5. The predicted octanol–water partition coefficient (Wildman–Crippen LogP) is 3.42. The maximum absolute atomic E-state index is 12.0. The van der Waals surface area contributed by atoms with Crippen molar-refractivity contribution < 1.29 is 14.3 Å². The second kappa shape index (κ2) is 10.9. The number of ether oxygens (including phenoxy) is 2. The van der Waals surface area contributed by atoms with Gasteiger partial charge in [0.1, 0.15) is 12.4 Å². The monoisotopic (exact) mass is 557 g/mol. The first-order valence-electron chi connectivity index (χ1n) is 8.89. The van der Waals surface area contributed by atoms with E-state index in [9.17, 15) is 4.79 Å². The van der Waals surface area contributed by atoms with Crippen LogP contribution in [0.5, 0.6) is 5.75 Å². The smallest absolute Gasteiger partial charge is 0.254 e. The molecule has 0 unspecified atom stereocenters. The topological polar surface area (TPSA) is 63.2 Å². The Labute approximate surface area is 186 Å². The van der Waals surface area contributed by atoms with Crippen LogP contribution in [0.3, 0.4) is 0 Å². The molecule has 0 bridgehead atoms. The van der Waals surface area contributed by atoms with Crippen molar-refractivity contribution in [3.63, 3.8) is 0 Å². The number of hydrazone groups is 1. The third kappa shape index (κ3) is 6.54. The van der Waals surface area contributed by atoms with Crippen LogP contribution in [0.2, 0.25) is 0 Å². The molecule has 0 aromatic heterocycles. The number of benzene rings is 2. The molecule has 1 amide bonds. The highest BCUT2D eigenvalue weighted by atomic mass is 127. The molecule has 28 heavy (non-hydrogen) atoms. The van der Waals surface area contributed by atoms with Crippen molar-refractivity contribution in [2.24, 2.45) is 5.10 Å². The minimum absolute atomic E-state index is 0.130. The van der Waals surface area contributed by atoms with Crippen molar-refractivity contribution in [2.75, 3.05) is 32.8 Å². The Balaban J connectivity index is 1.54. The average molecular weight is 558 g/mol. The molecule has 1 aliphatic rings. The highest BCUT2D eigenvalue weighted by molar-refractivity contribution is 14.1. The standard InChI is InChI=1S/C20H21BrIN3O3/c21-17-10-16(12-23-24-19(26)13-25-6-8-27-9-7-25)11-18(22)20(17)28-14-15-4-2-1-3-5-15/h1-5,10-12H,6-9,13-14H2,(H,24,26)/b23-12+. The molecule has 1 saturated heterocycles. The lowest BCUT2D eigenvalue weighted by molar-refractivity contribution is -0.123. The molecule has 3 rings (SSSR count). The first-order valence-corrected chi connectivity index (χ1v) is 10.8. The molecule has 2 aromatic carbocycles. The van der Waals surface area contributed by atoms with Gasteiger partial charge in [0.15, 0.2) is 0 Å². The van der Waals surface area contributed by atoms with Gasteiger partial charge in [-0.2, -0.15) is 5.10 Å². The van der Waals surface area contributed by atoms with Gasteiger partial charge in [0, 0.05) is 13.1 Å². The Morgan fingerprint density at radius 1 is 1.29 bits per heavy atom. The number of hydrogen-bond donors (Lipinski definition) is 1. The third-order valence-electron chi connectivity index (χ3n) is 4.12. The Hall–Kier alpha value is -1.49. The molecule has 1 N–H and O–H groups in total. The van der Waals surface area contributed by atoms with Crippen LogP contribution < -0.4 is 10.2 Å². The van der Waals surface area contributed by atoms with Gasteiger partial charge in [-0.05, 0) is 61.8 Å². The largest absolute Gasteiger partial charge is 0.487 e. The van der Waals surface area contributed by atoms with E-state index in [0.29, 0.717) is 26.4 Å². The highest BCUT2D eigenvalue weighted by Gasteiger charge is 2.13. The van der Waals surface area contributed by atoms with E-state index in [-0.39, 0.29) is 5.91 Å². The first kappa shape index (κ1) is 21.2. The van der Waals surface area contributed by atoms with Crippen LogP contribution >= 0.6 is 38.5 Å². The summed E-state index contributed by atoms with van der Waals surface area (Å²) in [4.78, 5) is 14.0. The van der Waals surface area contributed by atoms with Gasteiger partial charge in [-0.3, -0.25) is 9.69 Å². The fraction of sp³-hybridized carbons (Fsp3) is 0.300. The van der Waals surface area contributed by atoms with Gasteiger partial charge in [-0.1, -0.05) is 30.3 Å². The third-order valence-corrected chi connectivity index (χ3v) is 5.51. The summed E-state index contributed by atoms with van der Waals surface area (Å²) in [6.07, 6.45) is 1.63. The van der Waals surface area contributed by atoms with Crippen LogP contribution in [0.15, 0.2) is 52.0 Å². The van der Waals surface area contributed by atoms with Crippen molar-refractivity contribution in [1.82, 2.24) is 10.3 Å². The fourth-order valence-corrected chi connectivity index (χ4v) is 4.47. The molecule has 1 heterocycles. The van der Waals surface area contributed by atoms with E-state index in [1.807, 2.05) is 47.4 Å². The number of nitrogens with one attached hydrogen (secondary N) is 1. The normalized spacial score (nSPS) is 14.9. The summed E-state index contributed by atoms with van der Waals surface area (Å²) in [5, 5.41) is 4.07. The fourth-order valence-electron chi connectivity index (χ4n) is 2.70. The summed E-state index contributed by atoms with van der Waals surface area (Å²) >= 11 is 5.79. The molecule has 2 aromatic rings. The summed E-state index contributed by atoms with van der Waals surface area (Å²) in [6.45, 7) is 3.71. The van der Waals surface area contributed by atoms with Gasteiger partial charge in [0.2, 0.25) is 0 Å². The van der Waals surface area contributed by atoms with Gasteiger partial charge in [-0.25, -0.2) is 5.43 Å². The van der Waals surface area contributed by atoms with Crippen LogP contribution in [0.1, 0.15) is 11.1 Å². The van der Waals surface area contributed by atoms with Crippen LogP contribution in [0.25, 0.3) is 0 Å². The lowest BCUT2D eigenvalue weighted by Gasteiger charge is -2.25. The van der Waals surface area contributed by atoms with Gasteiger partial charge in [0.25, 0.3) is 5.91 Å². The highest BCUT2D eigenvalue weighted by Crippen LogP contribution is 2.32. The molecule has 0 radical (unpaired) electrons. The van der Waals surface area contributed by atoms with Crippen molar-refractivity contribution >= 4 is 50.6 Å². The second-order valence-corrected chi connectivity index (χ2v) is 8.29. The Bertz CT molecular complexity index is 804. The number of carbonyl (C=O) groups is 1. The molecule has 0 spiro atoms. The molecule has 1 fully saturated rings. The summed E-state index contributed by atoms with van der Waals surface area (Å²) in [5.41, 5.74) is 4.56. The zero-order valence-corrected chi connectivity index (χ0v) is 19.0. The number of rotatable bonds is 7. The van der Waals surface area contributed by atoms with Crippen molar-refractivity contribution in [1.29, 1.82) is 0 Å². The van der Waals surface area contributed by atoms with E-state index in [2.05, 4.69) is 49.0 Å². The molecular weight excluding hydrogens is 537 g/mol. The van der Waals surface area contributed by atoms with Crippen LogP contribution in [-0.4, -0.2) is 49.9 Å². The first-order chi connectivity index (χ1) is 13.6. The molecule has 6 nitrogen and oxygen atoms in total. The number of amides is 1. The Morgan fingerprint density at radius 3 is 2.75 bits per heavy atom. The molecular formula is C20H21BrIN3O3. The van der Waals surface area contributed by atoms with Gasteiger partial charge >= 0.3 is 0 Å². The lowest BCUT2D eigenvalue weighted by atomic mass is 10.2. The SMILES string of the molecule is O=C(CN1CCOCC1)N/N=C/c1cc(Br)c(OCc2ccccc2)c(I)c1. The van der Waals surface area contributed by atoms with E-state index in [1.54, 1.807) is 6.21 Å². The van der Waals surface area contributed by atoms with Crippen molar-refractivity contribution in [3.8, 4) is 5.75 Å². The average Bonchev–Trinajstić information content (AvgIpc) is 2.69. The minimum Gasteiger partial charge on any atom is -0.487 e. The van der Waals surface area contributed by atoms with Gasteiger partial charge < -0.3 is 9.47 Å². The van der Waals surface area contributed by atoms with Crippen molar-refractivity contribution in [2.45, 2.75) is 6.61 Å². The van der Waals surface area contributed by atoms with E-state index in [1.165, 1.54) is 0 Å². The van der Waals surface area contributed by atoms with Crippen molar-refractivity contribution in [3.05, 3.63) is 61.6 Å². The molecule has 148 valence electrons. The summed E-state index contributed by atoms with van der Waals surface area (Å²) in [7, 11) is 0. The zero-order chi connectivity index (χ0) is 19.8. The van der Waals surface area contributed by atoms with Crippen LogP contribution in [-0.2, 0) is 16.1 Å². The number of morpholine rings is 1. The van der Waals surface area contributed by atoms with E-state index < -0.39 is 0 Å². The zero-order valence-electron chi connectivity index (χ0n) is 15.2. The maximum Gasteiger partial charge on any atom is 0.254 e. The second-order valence-electron chi connectivity index (χ2n) is 6.27. The minimum atomic E-state index is -0.130. The van der Waals surface area contributed by atoms with Gasteiger partial charge in [-0.15, -0.1) is 0 Å². The van der Waals surface area contributed by atoms with Crippen LogP contribution in [0, 0.1) is 3.57 Å². The number of nitrogens with zero attached hydrogens (tertiary/aromatic N) is 2. The molecule has 0 saturated carbocycles. The summed E-state index contributed by atoms with van der Waals surface area (Å²) in [6, 6.07) is 13.9. The predicted molar refractivity (Wildman–Crippen MR) is 121 cm³/mol. The molecule has 8 heteroatoms. The quantitative estimate of drug-likeness (QED) is 0.322. The number of carbonyl (C=O) groups excluding carboxylic acids is 1. The molecule has 1 aliphatic heterocycles. The molecule has 0 aliphatic carbocycles. The van der Waals surface area contributed by atoms with E-state index in [0.717, 1.165) is 38.0 Å². The van der Waals surface area contributed by atoms with Crippen LogP contribution in [0.4, 0.5) is 0 Å². The van der Waals surface area contributed by atoms with Gasteiger partial charge in [0.05, 0.1) is 34.0 Å². The van der Waals surface area contributed by atoms with E-state index >= 15 is 0 Å². The summed E-state index contributed by atoms with van der Waals surface area (Å²) < 4.78 is 13.0. The molecule has 0 atom stereocenters.